The fourth-order valence-electron chi connectivity index (χ4n) is 1.15. The molecule has 0 aromatic heterocycles. The predicted octanol–water partition coefficient (Wildman–Crippen LogP) is 5.21. The predicted molar refractivity (Wildman–Crippen MR) is 96.1 cm³/mol. The van der Waals surface area contributed by atoms with Crippen molar-refractivity contribution in [3.8, 4) is 0 Å². The Morgan fingerprint density at radius 1 is 0.783 bits per heavy atom. The van der Waals surface area contributed by atoms with Crippen molar-refractivity contribution in [2.24, 2.45) is 0 Å². The molecule has 2 atom stereocenters. The van der Waals surface area contributed by atoms with Crippen LogP contribution in [0.4, 0.5) is 0 Å². The first-order valence-electron chi connectivity index (χ1n) is 7.35. The minimum absolute atomic E-state index is 0.0517. The topological polar surface area (TPSA) is 54.0 Å². The third kappa shape index (κ3) is 16.2. The maximum Gasteiger partial charge on any atom is 0.424 e. The molecule has 0 saturated heterocycles. The van der Waals surface area contributed by atoms with Gasteiger partial charge in [0, 0.05) is 11.2 Å². The van der Waals surface area contributed by atoms with Crippen molar-refractivity contribution in [3.63, 3.8) is 0 Å². The molecule has 0 bridgehead atoms. The molecule has 2 unspecified atom stereocenters. The van der Waals surface area contributed by atoms with Crippen molar-refractivity contribution in [1.29, 1.82) is 0 Å². The maximum absolute atomic E-state index is 11.9. The normalized spacial score (nSPS) is 18.5. The quantitative estimate of drug-likeness (QED) is 0.363. The summed E-state index contributed by atoms with van der Waals surface area (Å²) >= 11 is 17.8. The van der Waals surface area contributed by atoms with Gasteiger partial charge in [0.2, 0.25) is 0 Å². The molecule has 0 amide bonds. The van der Waals surface area contributed by atoms with Crippen LogP contribution in [0.5, 0.6) is 0 Å². The Bertz CT molecular complexity index is 350. The van der Waals surface area contributed by atoms with Gasteiger partial charge < -0.3 is 9.47 Å². The summed E-state index contributed by atoms with van der Waals surface area (Å²) in [6.07, 6.45) is 0. The lowest BCUT2D eigenvalue weighted by molar-refractivity contribution is -0.00796. The van der Waals surface area contributed by atoms with Crippen LogP contribution < -0.4 is 0 Å². The van der Waals surface area contributed by atoms with Gasteiger partial charge in [-0.05, 0) is 41.5 Å². The fraction of sp³-hybridized carbons (Fsp3) is 1.00. The number of hydrogen-bond donors (Lipinski definition) is 0. The zero-order valence-electron chi connectivity index (χ0n) is 14.6. The van der Waals surface area contributed by atoms with Gasteiger partial charge in [-0.25, -0.2) is 4.57 Å². The average Bonchev–Trinajstić information content (AvgIpc) is 2.37. The molecule has 5 nitrogen and oxygen atoms in total. The first-order chi connectivity index (χ1) is 10.2. The molecule has 0 heterocycles. The smallest absolute Gasteiger partial charge is 0.374 e. The molecule has 0 aliphatic heterocycles. The molecule has 0 aromatic carbocycles. The molecule has 0 rings (SSSR count). The molecule has 9 heteroatoms. The van der Waals surface area contributed by atoms with Crippen LogP contribution in [0.3, 0.4) is 0 Å². The molecule has 0 aromatic rings. The Kier molecular flexibility index (Phi) is 10.6. The van der Waals surface area contributed by atoms with E-state index in [2.05, 4.69) is 0 Å². The summed E-state index contributed by atoms with van der Waals surface area (Å²) in [6.45, 7) is 8.12. The summed E-state index contributed by atoms with van der Waals surface area (Å²) in [5.74, 6) is 0. The number of alkyl halides is 2. The number of ether oxygens (including phenoxy) is 2. The zero-order valence-corrected chi connectivity index (χ0v) is 17.8. The third-order valence-corrected chi connectivity index (χ3v) is 4.22. The highest BCUT2D eigenvalue weighted by molar-refractivity contribution is 7.81. The standard InChI is InChI=1S/C14H28Cl3O5P/c1-13(2,3)19-7-11(15)9-21-23(17,18)22-10-12(16)8-20-14(4,5)6/h11-12H,7-10H2,1-6H3. The van der Waals surface area contributed by atoms with Crippen molar-refractivity contribution in [1.82, 2.24) is 0 Å². The van der Waals surface area contributed by atoms with Gasteiger partial charge in [0.05, 0.1) is 48.4 Å². The van der Waals surface area contributed by atoms with E-state index < -0.39 is 17.7 Å². The Morgan fingerprint density at radius 2 is 1.09 bits per heavy atom. The zero-order chi connectivity index (χ0) is 18.3. The van der Waals surface area contributed by atoms with Gasteiger partial charge in [-0.1, -0.05) is 0 Å². The van der Waals surface area contributed by atoms with Crippen molar-refractivity contribution < 1.29 is 23.1 Å². The summed E-state index contributed by atoms with van der Waals surface area (Å²) in [6, 6.07) is 0. The lowest BCUT2D eigenvalue weighted by atomic mass is 10.2. The first-order valence-corrected chi connectivity index (χ1v) is 10.7. The van der Waals surface area contributed by atoms with Gasteiger partial charge in [0.25, 0.3) is 0 Å². The van der Waals surface area contributed by atoms with E-state index in [1.807, 2.05) is 41.5 Å². The number of halogens is 3. The summed E-state index contributed by atoms with van der Waals surface area (Å²) in [4.78, 5) is 0. The van der Waals surface area contributed by atoms with E-state index >= 15 is 0 Å². The number of hydrogen-bond acceptors (Lipinski definition) is 5. The molecule has 0 spiro atoms. The van der Waals surface area contributed by atoms with E-state index in [1.54, 1.807) is 0 Å². The summed E-state index contributed by atoms with van der Waals surface area (Å²) in [7, 11) is 0. The Morgan fingerprint density at radius 3 is 1.35 bits per heavy atom. The third-order valence-electron chi connectivity index (χ3n) is 2.21. The second-order valence-electron chi connectivity index (χ2n) is 7.06. The van der Waals surface area contributed by atoms with Crippen LogP contribution in [0, 0.1) is 0 Å². The molecular formula is C14H28Cl3O5P. The highest BCUT2D eigenvalue weighted by Gasteiger charge is 2.25. The van der Waals surface area contributed by atoms with Gasteiger partial charge in [-0.15, -0.1) is 23.2 Å². The molecule has 0 aliphatic rings. The van der Waals surface area contributed by atoms with Gasteiger partial charge in [-0.3, -0.25) is 9.05 Å². The number of rotatable bonds is 10. The van der Waals surface area contributed by atoms with Crippen molar-refractivity contribution in [2.75, 3.05) is 26.4 Å². The van der Waals surface area contributed by atoms with E-state index in [0.29, 0.717) is 0 Å². The highest BCUT2D eigenvalue weighted by atomic mass is 35.7. The molecule has 0 aliphatic carbocycles. The van der Waals surface area contributed by atoms with Gasteiger partial charge in [0.1, 0.15) is 0 Å². The second kappa shape index (κ2) is 10.2. The second-order valence-corrected chi connectivity index (χ2v) is 10.9. The average molecular weight is 414 g/mol. The lowest BCUT2D eigenvalue weighted by Crippen LogP contribution is -2.26. The summed E-state index contributed by atoms with van der Waals surface area (Å²) in [5.41, 5.74) is -0.625. The Balaban J connectivity index is 4.02. The highest BCUT2D eigenvalue weighted by Crippen LogP contribution is 2.53. The Labute approximate surface area is 154 Å². The molecular weight excluding hydrogens is 385 g/mol. The van der Waals surface area contributed by atoms with Gasteiger partial charge in [-0.2, -0.15) is 0 Å². The fourth-order valence-corrected chi connectivity index (χ4v) is 2.71. The molecule has 23 heavy (non-hydrogen) atoms. The molecule has 140 valence electrons. The van der Waals surface area contributed by atoms with E-state index in [-0.39, 0.29) is 37.6 Å². The van der Waals surface area contributed by atoms with Crippen molar-refractivity contribution >= 4 is 41.4 Å². The van der Waals surface area contributed by atoms with Crippen LogP contribution in [0.2, 0.25) is 0 Å². The molecule has 0 fully saturated rings. The van der Waals surface area contributed by atoms with Gasteiger partial charge in [0.15, 0.2) is 0 Å². The maximum atomic E-state index is 11.9. The van der Waals surface area contributed by atoms with Crippen LogP contribution in [0.25, 0.3) is 0 Å². The van der Waals surface area contributed by atoms with Crippen molar-refractivity contribution in [2.45, 2.75) is 63.5 Å². The molecule has 0 saturated carbocycles. The molecule has 0 N–H and O–H groups in total. The van der Waals surface area contributed by atoms with Crippen LogP contribution in [0.15, 0.2) is 0 Å². The van der Waals surface area contributed by atoms with Gasteiger partial charge >= 0.3 is 6.95 Å². The minimum atomic E-state index is -3.74. The van der Waals surface area contributed by atoms with E-state index in [1.165, 1.54) is 0 Å². The minimum Gasteiger partial charge on any atom is -0.374 e. The van der Waals surface area contributed by atoms with Crippen molar-refractivity contribution in [3.05, 3.63) is 0 Å². The van der Waals surface area contributed by atoms with Crippen LogP contribution in [-0.4, -0.2) is 48.4 Å². The van der Waals surface area contributed by atoms with Crippen LogP contribution in [0.1, 0.15) is 41.5 Å². The Hall–Kier alpha value is 0.940. The monoisotopic (exact) mass is 412 g/mol. The van der Waals surface area contributed by atoms with E-state index in [4.69, 9.17) is 53.0 Å². The summed E-state index contributed by atoms with van der Waals surface area (Å²) in [5, 5.41) is -0.971. The first kappa shape index (κ1) is 23.9. The lowest BCUT2D eigenvalue weighted by Gasteiger charge is -2.23. The largest absolute Gasteiger partial charge is 0.424 e. The van der Waals surface area contributed by atoms with E-state index in [9.17, 15) is 4.57 Å². The van der Waals surface area contributed by atoms with Crippen LogP contribution >= 0.6 is 41.4 Å². The van der Waals surface area contributed by atoms with Crippen LogP contribution in [-0.2, 0) is 23.1 Å². The molecule has 0 radical (unpaired) electrons. The SMILES string of the molecule is CC(C)(C)OCC(Cl)COP(=O)(Cl)OCC(Cl)COC(C)(C)C. The summed E-state index contributed by atoms with van der Waals surface area (Å²) < 4.78 is 33.0. The van der Waals surface area contributed by atoms with E-state index in [0.717, 1.165) is 0 Å².